The first-order valence-corrected chi connectivity index (χ1v) is 8.26. The number of halogens is 1. The molecule has 142 valence electrons. The number of hydrogen-bond acceptors (Lipinski definition) is 4. The quantitative estimate of drug-likeness (QED) is 0.633. The van der Waals surface area contributed by atoms with E-state index in [-0.39, 0.29) is 24.6 Å². The summed E-state index contributed by atoms with van der Waals surface area (Å²) in [6.07, 6.45) is -0.886. The first kappa shape index (κ1) is 19.9. The van der Waals surface area contributed by atoms with E-state index in [1.807, 2.05) is 18.2 Å². The summed E-state index contributed by atoms with van der Waals surface area (Å²) in [5.41, 5.74) is 5.14. The molecule has 0 bridgehead atoms. The van der Waals surface area contributed by atoms with Crippen LogP contribution in [0.15, 0.2) is 54.6 Å². The van der Waals surface area contributed by atoms with Gasteiger partial charge in [-0.2, -0.15) is 0 Å². The molecule has 0 fully saturated rings. The van der Waals surface area contributed by atoms with Crippen LogP contribution in [0.5, 0.6) is 5.75 Å². The standard InChI is InChI=1S/C19H20FN3O4/c1-13(27-16-10-6-5-9-15(16)20)19(26)23-22-18(25)12-21-17(24)11-14-7-3-2-4-8-14/h2-10,13H,11-12H2,1H3,(H,21,24)(H,22,25)(H,23,26)/t13-/m1/s1. The van der Waals surface area contributed by atoms with Crippen molar-refractivity contribution >= 4 is 17.7 Å². The van der Waals surface area contributed by atoms with E-state index in [2.05, 4.69) is 16.2 Å². The van der Waals surface area contributed by atoms with E-state index in [4.69, 9.17) is 4.74 Å². The summed E-state index contributed by atoms with van der Waals surface area (Å²) >= 11 is 0. The SMILES string of the molecule is C[C@@H](Oc1ccccc1F)C(=O)NNC(=O)CNC(=O)Cc1ccccc1. The van der Waals surface area contributed by atoms with Crippen LogP contribution in [0.4, 0.5) is 4.39 Å². The van der Waals surface area contributed by atoms with Gasteiger partial charge in [0.05, 0.1) is 13.0 Å². The second-order valence-electron chi connectivity index (χ2n) is 5.67. The Morgan fingerprint density at radius 1 is 0.963 bits per heavy atom. The van der Waals surface area contributed by atoms with Crippen LogP contribution >= 0.6 is 0 Å². The molecule has 0 spiro atoms. The van der Waals surface area contributed by atoms with Crippen molar-refractivity contribution in [1.82, 2.24) is 16.2 Å². The fourth-order valence-corrected chi connectivity index (χ4v) is 2.08. The molecule has 0 aromatic heterocycles. The Labute approximate surface area is 155 Å². The number of carbonyl (C=O) groups excluding carboxylic acids is 3. The summed E-state index contributed by atoms with van der Waals surface area (Å²) in [5.74, 6) is -2.26. The van der Waals surface area contributed by atoms with E-state index >= 15 is 0 Å². The number of benzene rings is 2. The number of ether oxygens (including phenoxy) is 1. The van der Waals surface area contributed by atoms with Gasteiger partial charge in [-0.15, -0.1) is 0 Å². The van der Waals surface area contributed by atoms with Crippen LogP contribution in [0.1, 0.15) is 12.5 Å². The number of hydrogen-bond donors (Lipinski definition) is 3. The van der Waals surface area contributed by atoms with Crippen LogP contribution in [0, 0.1) is 5.82 Å². The molecule has 0 heterocycles. The highest BCUT2D eigenvalue weighted by molar-refractivity contribution is 5.88. The molecule has 0 aliphatic carbocycles. The lowest BCUT2D eigenvalue weighted by Crippen LogP contribution is -2.50. The Morgan fingerprint density at radius 3 is 2.33 bits per heavy atom. The number of para-hydroxylation sites is 1. The molecule has 0 radical (unpaired) electrons. The minimum atomic E-state index is -1.03. The van der Waals surface area contributed by atoms with Gasteiger partial charge in [0.2, 0.25) is 5.91 Å². The van der Waals surface area contributed by atoms with E-state index in [9.17, 15) is 18.8 Å². The number of hydrazine groups is 1. The Morgan fingerprint density at radius 2 is 1.63 bits per heavy atom. The summed E-state index contributed by atoms with van der Waals surface area (Å²) in [4.78, 5) is 35.3. The van der Waals surface area contributed by atoms with Gasteiger partial charge in [-0.05, 0) is 24.6 Å². The number of amides is 3. The molecule has 8 heteroatoms. The molecule has 3 amide bonds. The minimum Gasteiger partial charge on any atom is -0.478 e. The fourth-order valence-electron chi connectivity index (χ4n) is 2.08. The Kier molecular flexibility index (Phi) is 7.30. The monoisotopic (exact) mass is 373 g/mol. The normalized spacial score (nSPS) is 11.2. The summed E-state index contributed by atoms with van der Waals surface area (Å²) < 4.78 is 18.7. The van der Waals surface area contributed by atoms with Crippen LogP contribution in [0.3, 0.4) is 0 Å². The number of rotatable bonds is 7. The van der Waals surface area contributed by atoms with Gasteiger partial charge in [-0.25, -0.2) is 4.39 Å². The molecule has 0 unspecified atom stereocenters. The molecule has 2 aromatic carbocycles. The summed E-state index contributed by atoms with van der Waals surface area (Å²) in [6.45, 7) is 1.12. The van der Waals surface area contributed by atoms with Crippen molar-refractivity contribution in [3.8, 4) is 5.75 Å². The maximum atomic E-state index is 13.5. The van der Waals surface area contributed by atoms with Gasteiger partial charge in [0, 0.05) is 0 Å². The zero-order chi connectivity index (χ0) is 19.6. The number of nitrogens with one attached hydrogen (secondary N) is 3. The van der Waals surface area contributed by atoms with Crippen molar-refractivity contribution in [3.05, 3.63) is 66.0 Å². The Balaban J connectivity index is 1.69. The highest BCUT2D eigenvalue weighted by Gasteiger charge is 2.17. The van der Waals surface area contributed by atoms with Crippen molar-refractivity contribution in [1.29, 1.82) is 0 Å². The summed E-state index contributed by atoms with van der Waals surface area (Å²) in [5, 5.41) is 2.45. The molecular formula is C19H20FN3O4. The van der Waals surface area contributed by atoms with Crippen LogP contribution in [-0.4, -0.2) is 30.4 Å². The largest absolute Gasteiger partial charge is 0.478 e. The van der Waals surface area contributed by atoms with Gasteiger partial charge in [0.1, 0.15) is 0 Å². The molecule has 1 atom stereocenters. The van der Waals surface area contributed by atoms with Gasteiger partial charge < -0.3 is 10.1 Å². The van der Waals surface area contributed by atoms with Crippen molar-refractivity contribution in [2.75, 3.05) is 6.54 Å². The molecule has 0 saturated carbocycles. The van der Waals surface area contributed by atoms with Crippen molar-refractivity contribution in [2.24, 2.45) is 0 Å². The molecule has 3 N–H and O–H groups in total. The molecule has 2 rings (SSSR count). The third-order valence-electron chi connectivity index (χ3n) is 3.49. The molecule has 0 saturated heterocycles. The van der Waals surface area contributed by atoms with Crippen molar-refractivity contribution in [2.45, 2.75) is 19.4 Å². The maximum Gasteiger partial charge on any atom is 0.279 e. The van der Waals surface area contributed by atoms with Gasteiger partial charge in [0.15, 0.2) is 17.7 Å². The molecular weight excluding hydrogens is 353 g/mol. The van der Waals surface area contributed by atoms with Gasteiger partial charge in [-0.1, -0.05) is 42.5 Å². The lowest BCUT2D eigenvalue weighted by atomic mass is 10.1. The first-order chi connectivity index (χ1) is 13.0. The van der Waals surface area contributed by atoms with Crippen LogP contribution in [0.2, 0.25) is 0 Å². The van der Waals surface area contributed by atoms with E-state index in [0.717, 1.165) is 5.56 Å². The van der Waals surface area contributed by atoms with Crippen LogP contribution < -0.4 is 20.9 Å². The highest BCUT2D eigenvalue weighted by atomic mass is 19.1. The summed E-state index contributed by atoms with van der Waals surface area (Å²) in [6, 6.07) is 14.7. The molecule has 2 aromatic rings. The Hall–Kier alpha value is -3.42. The predicted octanol–water partition coefficient (Wildman–Crippen LogP) is 1.10. The van der Waals surface area contributed by atoms with Crippen molar-refractivity contribution in [3.63, 3.8) is 0 Å². The van der Waals surface area contributed by atoms with Crippen LogP contribution in [0.25, 0.3) is 0 Å². The second kappa shape index (κ2) is 9.91. The van der Waals surface area contributed by atoms with Gasteiger partial charge >= 0.3 is 0 Å². The smallest absolute Gasteiger partial charge is 0.279 e. The third kappa shape index (κ3) is 6.77. The van der Waals surface area contributed by atoms with E-state index < -0.39 is 23.7 Å². The highest BCUT2D eigenvalue weighted by Crippen LogP contribution is 2.16. The fraction of sp³-hybridized carbons (Fsp3) is 0.211. The lowest BCUT2D eigenvalue weighted by molar-refractivity contribution is -0.133. The lowest BCUT2D eigenvalue weighted by Gasteiger charge is -2.15. The zero-order valence-electron chi connectivity index (χ0n) is 14.7. The average molecular weight is 373 g/mol. The third-order valence-corrected chi connectivity index (χ3v) is 3.49. The zero-order valence-corrected chi connectivity index (χ0v) is 14.7. The van der Waals surface area contributed by atoms with E-state index in [1.54, 1.807) is 18.2 Å². The average Bonchev–Trinajstić information content (AvgIpc) is 2.67. The maximum absolute atomic E-state index is 13.5. The van der Waals surface area contributed by atoms with Crippen LogP contribution in [-0.2, 0) is 20.8 Å². The number of carbonyl (C=O) groups is 3. The second-order valence-corrected chi connectivity index (χ2v) is 5.67. The van der Waals surface area contributed by atoms with Crippen molar-refractivity contribution < 1.29 is 23.5 Å². The summed E-state index contributed by atoms with van der Waals surface area (Å²) in [7, 11) is 0. The molecule has 27 heavy (non-hydrogen) atoms. The van der Waals surface area contributed by atoms with Gasteiger partial charge in [-0.3, -0.25) is 25.2 Å². The molecule has 0 aliphatic heterocycles. The van der Waals surface area contributed by atoms with E-state index in [0.29, 0.717) is 0 Å². The Bertz CT molecular complexity index is 799. The molecule has 0 aliphatic rings. The minimum absolute atomic E-state index is 0.0698. The van der Waals surface area contributed by atoms with Gasteiger partial charge in [0.25, 0.3) is 11.8 Å². The van der Waals surface area contributed by atoms with E-state index in [1.165, 1.54) is 25.1 Å². The predicted molar refractivity (Wildman–Crippen MR) is 95.9 cm³/mol. The first-order valence-electron chi connectivity index (χ1n) is 8.26. The topological polar surface area (TPSA) is 96.5 Å². The molecule has 7 nitrogen and oxygen atoms in total.